The minimum atomic E-state index is -1.12. The molecule has 1 saturated heterocycles. The van der Waals surface area contributed by atoms with Crippen molar-refractivity contribution in [2.75, 3.05) is 24.2 Å². The maximum atomic E-state index is 13.8. The van der Waals surface area contributed by atoms with E-state index in [4.69, 9.17) is 0 Å². The van der Waals surface area contributed by atoms with E-state index in [2.05, 4.69) is 36.7 Å². The average Bonchev–Trinajstić information content (AvgIpc) is 2.75. The van der Waals surface area contributed by atoms with Crippen LogP contribution in [0.3, 0.4) is 0 Å². The van der Waals surface area contributed by atoms with Gasteiger partial charge in [-0.15, -0.1) is 0 Å². The Morgan fingerprint density at radius 3 is 2.37 bits per heavy atom. The highest BCUT2D eigenvalue weighted by molar-refractivity contribution is 5.74. The predicted molar refractivity (Wildman–Crippen MR) is 134 cm³/mol. The molecule has 3 rings (SSSR count). The van der Waals surface area contributed by atoms with Gasteiger partial charge in [-0.3, -0.25) is 9.59 Å². The Hall–Kier alpha value is -2.36. The fraction of sp³-hybridized carbons (Fsp3) is 0.615. The van der Waals surface area contributed by atoms with Gasteiger partial charge in [0.25, 0.3) is 10.9 Å². The van der Waals surface area contributed by atoms with Crippen LogP contribution in [0, 0.1) is 17.0 Å². The molecule has 35 heavy (non-hydrogen) atoms. The first-order valence-electron chi connectivity index (χ1n) is 12.2. The monoisotopic (exact) mass is 493 g/mol. The maximum Gasteiger partial charge on any atom is 0.253 e. The lowest BCUT2D eigenvalue weighted by Crippen LogP contribution is -2.58. The van der Waals surface area contributed by atoms with Crippen molar-refractivity contribution < 1.29 is 19.0 Å². The third kappa shape index (κ3) is 6.86. The molecule has 0 saturated carbocycles. The Labute approximate surface area is 204 Å². The van der Waals surface area contributed by atoms with Crippen LogP contribution in [0.2, 0.25) is 0 Å². The molecule has 0 radical (unpaired) electrons. The van der Waals surface area contributed by atoms with Gasteiger partial charge >= 0.3 is 0 Å². The molecular formula is C26H37F2N3O4. The molecule has 7 nitrogen and oxygen atoms in total. The maximum absolute atomic E-state index is 13.8. The fourth-order valence-electron chi connectivity index (χ4n) is 4.96. The normalized spacial score (nSPS) is 22.7. The molecule has 0 spiro atoms. The van der Waals surface area contributed by atoms with Gasteiger partial charge < -0.3 is 26.2 Å². The number of nitrogens with one attached hydrogen (secondary N) is 3. The smallest absolute Gasteiger partial charge is 0.253 e. The third-order valence-electron chi connectivity index (χ3n) is 6.86. The molecule has 0 amide bonds. The van der Waals surface area contributed by atoms with Crippen molar-refractivity contribution >= 4 is 11.4 Å². The first-order chi connectivity index (χ1) is 16.3. The molecule has 1 heterocycles. The van der Waals surface area contributed by atoms with Crippen molar-refractivity contribution in [2.24, 2.45) is 5.41 Å². The summed E-state index contributed by atoms with van der Waals surface area (Å²) in [6.07, 6.45) is 2.13. The molecule has 1 fully saturated rings. The van der Waals surface area contributed by atoms with Crippen molar-refractivity contribution in [3.05, 3.63) is 55.8 Å². The molecule has 0 bridgehead atoms. The summed E-state index contributed by atoms with van der Waals surface area (Å²) in [6, 6.07) is 1.73. The molecule has 1 aliphatic rings. The molecule has 4 atom stereocenters. The van der Waals surface area contributed by atoms with E-state index in [1.165, 1.54) is 19.2 Å². The Kier molecular flexibility index (Phi) is 8.34. The molecule has 5 N–H and O–H groups in total. The highest BCUT2D eigenvalue weighted by Crippen LogP contribution is 2.32. The lowest BCUT2D eigenvalue weighted by Gasteiger charge is -2.42. The first-order valence-corrected chi connectivity index (χ1v) is 12.2. The van der Waals surface area contributed by atoms with Crippen LogP contribution in [0.15, 0.2) is 27.8 Å². The van der Waals surface area contributed by atoms with Crippen molar-refractivity contribution in [1.82, 2.24) is 5.32 Å². The molecule has 1 aliphatic heterocycles. The van der Waals surface area contributed by atoms with E-state index in [1.54, 1.807) is 0 Å². The van der Waals surface area contributed by atoms with Gasteiger partial charge in [-0.25, -0.2) is 8.78 Å². The number of aliphatic hydroxyl groups is 2. The second-order valence-electron chi connectivity index (χ2n) is 11.0. The van der Waals surface area contributed by atoms with E-state index in [0.29, 0.717) is 31.4 Å². The van der Waals surface area contributed by atoms with Gasteiger partial charge in [0, 0.05) is 19.2 Å². The second kappa shape index (κ2) is 10.7. The van der Waals surface area contributed by atoms with Crippen molar-refractivity contribution in [3.8, 4) is 0 Å². The fourth-order valence-corrected chi connectivity index (χ4v) is 4.96. The summed E-state index contributed by atoms with van der Waals surface area (Å²) >= 11 is 0. The number of anilines is 2. The Balaban J connectivity index is 1.81. The van der Waals surface area contributed by atoms with Gasteiger partial charge in [-0.1, -0.05) is 27.2 Å². The van der Waals surface area contributed by atoms with Gasteiger partial charge in [0.15, 0.2) is 0 Å². The zero-order valence-electron chi connectivity index (χ0n) is 20.9. The van der Waals surface area contributed by atoms with Crippen LogP contribution in [-0.2, 0) is 6.42 Å². The summed E-state index contributed by atoms with van der Waals surface area (Å²) in [4.78, 5) is 24.0. The molecule has 0 aromatic heterocycles. The van der Waals surface area contributed by atoms with Gasteiger partial charge in [-0.2, -0.15) is 0 Å². The summed E-state index contributed by atoms with van der Waals surface area (Å²) in [5, 5.41) is 31.4. The number of benzene rings is 1. The van der Waals surface area contributed by atoms with Gasteiger partial charge in [-0.05, 0) is 61.8 Å². The van der Waals surface area contributed by atoms with Crippen LogP contribution >= 0.6 is 0 Å². The molecule has 194 valence electrons. The van der Waals surface area contributed by atoms with Crippen LogP contribution in [0.1, 0.15) is 58.4 Å². The average molecular weight is 494 g/mol. The van der Waals surface area contributed by atoms with Crippen LogP contribution < -0.4 is 26.8 Å². The standard InChI is InChI=1S/C26H37F2N3O4/c1-25(2,3)6-5-7-26(35)8-9-30-19(14-26)22(32)18(12-15-10-16(27)13-17(28)11-15)31-21-20(29-4)23(33)24(21)34/h10-11,13,18-19,22,29-32,35H,5-9,12,14H2,1-4H3. The summed E-state index contributed by atoms with van der Waals surface area (Å²) in [5.74, 6) is -1.50. The van der Waals surface area contributed by atoms with E-state index in [9.17, 15) is 28.6 Å². The molecule has 0 aliphatic carbocycles. The van der Waals surface area contributed by atoms with Gasteiger partial charge in [0.05, 0.1) is 17.7 Å². The molecule has 2 aromatic rings. The summed E-state index contributed by atoms with van der Waals surface area (Å²) in [7, 11) is 1.51. The van der Waals surface area contributed by atoms with Crippen molar-refractivity contribution in [3.63, 3.8) is 0 Å². The lowest BCUT2D eigenvalue weighted by molar-refractivity contribution is -0.0388. The number of hydrogen-bond donors (Lipinski definition) is 5. The van der Waals surface area contributed by atoms with E-state index in [1.807, 2.05) is 0 Å². The minimum Gasteiger partial charge on any atom is -0.390 e. The molecule has 4 unspecified atom stereocenters. The van der Waals surface area contributed by atoms with Gasteiger partial charge in [0.1, 0.15) is 23.0 Å². The van der Waals surface area contributed by atoms with Crippen LogP contribution in [0.5, 0.6) is 0 Å². The Bertz CT molecular complexity index is 1070. The molecule has 9 heteroatoms. The zero-order chi connectivity index (χ0) is 26.0. The number of aliphatic hydroxyl groups excluding tert-OH is 1. The quantitative estimate of drug-likeness (QED) is 0.324. The van der Waals surface area contributed by atoms with Crippen molar-refractivity contribution in [1.29, 1.82) is 0 Å². The Morgan fingerprint density at radius 2 is 1.77 bits per heavy atom. The van der Waals surface area contributed by atoms with Crippen LogP contribution in [-0.4, -0.2) is 47.6 Å². The number of halogens is 2. The predicted octanol–water partition coefficient (Wildman–Crippen LogP) is 2.69. The van der Waals surface area contributed by atoms with E-state index in [-0.39, 0.29) is 23.2 Å². The van der Waals surface area contributed by atoms with E-state index < -0.39 is 46.3 Å². The topological polar surface area (TPSA) is 111 Å². The number of hydrogen-bond acceptors (Lipinski definition) is 7. The SMILES string of the molecule is CNc1c(NC(Cc2cc(F)cc(F)c2)C(O)C2CC(O)(CCCC(C)(C)C)CCN2)c(=O)c1=O. The second-order valence-corrected chi connectivity index (χ2v) is 11.0. The van der Waals surface area contributed by atoms with Crippen LogP contribution in [0.4, 0.5) is 20.2 Å². The number of piperidine rings is 1. The molecule has 2 aromatic carbocycles. The van der Waals surface area contributed by atoms with Gasteiger partial charge in [0.2, 0.25) is 0 Å². The van der Waals surface area contributed by atoms with E-state index >= 15 is 0 Å². The summed E-state index contributed by atoms with van der Waals surface area (Å²) in [5.41, 5.74) is -1.74. The Morgan fingerprint density at radius 1 is 1.14 bits per heavy atom. The summed E-state index contributed by atoms with van der Waals surface area (Å²) in [6.45, 7) is 6.95. The lowest BCUT2D eigenvalue weighted by atomic mass is 9.78. The van der Waals surface area contributed by atoms with E-state index in [0.717, 1.165) is 18.9 Å². The first kappa shape index (κ1) is 27.2. The largest absolute Gasteiger partial charge is 0.390 e. The third-order valence-corrected chi connectivity index (χ3v) is 6.86. The highest BCUT2D eigenvalue weighted by atomic mass is 19.1. The summed E-state index contributed by atoms with van der Waals surface area (Å²) < 4.78 is 27.6. The van der Waals surface area contributed by atoms with Crippen LogP contribution in [0.25, 0.3) is 0 Å². The minimum absolute atomic E-state index is 0.00154. The highest BCUT2D eigenvalue weighted by Gasteiger charge is 2.40. The number of rotatable bonds is 10. The van der Waals surface area contributed by atoms with Crippen molar-refractivity contribution in [2.45, 2.75) is 83.1 Å². The molecular weight excluding hydrogens is 456 g/mol. The zero-order valence-corrected chi connectivity index (χ0v) is 20.9.